The van der Waals surface area contributed by atoms with Crippen molar-refractivity contribution >= 4 is 22.6 Å². The van der Waals surface area contributed by atoms with Crippen molar-refractivity contribution in [1.82, 2.24) is 10.3 Å². The van der Waals surface area contributed by atoms with E-state index in [-0.39, 0.29) is 12.1 Å². The first-order valence-corrected chi connectivity index (χ1v) is 8.33. The average molecular weight is 370 g/mol. The second-order valence-electron chi connectivity index (χ2n) is 5.92. The third kappa shape index (κ3) is 3.92. The highest BCUT2D eigenvalue weighted by Gasteiger charge is 2.20. The molecule has 6 nitrogen and oxygen atoms in total. The van der Waals surface area contributed by atoms with E-state index < -0.39 is 17.5 Å². The predicted octanol–water partition coefficient (Wildman–Crippen LogP) is 2.87. The van der Waals surface area contributed by atoms with Gasteiger partial charge < -0.3 is 19.8 Å². The molecule has 2 aromatic carbocycles. The molecule has 0 unspecified atom stereocenters. The number of fused-ring (bicyclic) bond motifs is 1. The van der Waals surface area contributed by atoms with E-state index in [2.05, 4.69) is 10.3 Å². The lowest BCUT2D eigenvalue weighted by Gasteiger charge is -2.10. The van der Waals surface area contributed by atoms with Crippen LogP contribution in [0.2, 0.25) is 0 Å². The summed E-state index contributed by atoms with van der Waals surface area (Å²) in [5, 5.41) is 2.98. The van der Waals surface area contributed by atoms with Gasteiger partial charge >= 0.3 is 0 Å². The molecule has 0 atom stereocenters. The number of nitrogens with one attached hydrogen (secondary N) is 2. The van der Waals surface area contributed by atoms with Crippen LogP contribution in [-0.2, 0) is 11.2 Å². The fourth-order valence-corrected chi connectivity index (χ4v) is 2.84. The first kappa shape index (κ1) is 18.4. The Hall–Kier alpha value is -3.35. The number of methoxy groups -OCH3 is 2. The number of H-pyrrole nitrogens is 1. The Labute approximate surface area is 155 Å². The zero-order valence-corrected chi connectivity index (χ0v) is 15.0. The van der Waals surface area contributed by atoms with E-state index in [9.17, 15) is 14.0 Å². The van der Waals surface area contributed by atoms with Gasteiger partial charge in [0.1, 0.15) is 5.82 Å². The Morgan fingerprint density at radius 2 is 1.85 bits per heavy atom. The second-order valence-corrected chi connectivity index (χ2v) is 5.92. The van der Waals surface area contributed by atoms with Crippen LogP contribution in [0.25, 0.3) is 10.9 Å². The molecule has 3 rings (SSSR count). The number of amides is 1. The highest BCUT2D eigenvalue weighted by atomic mass is 19.1. The minimum absolute atomic E-state index is 0.146. The fraction of sp³-hybridized carbons (Fsp3) is 0.200. The van der Waals surface area contributed by atoms with Crippen LogP contribution in [0.4, 0.5) is 4.39 Å². The van der Waals surface area contributed by atoms with Gasteiger partial charge in [-0.15, -0.1) is 0 Å². The summed E-state index contributed by atoms with van der Waals surface area (Å²) in [6.45, 7) is 0.275. The first-order chi connectivity index (χ1) is 13.0. The number of ether oxygens (including phenoxy) is 2. The number of benzene rings is 2. The number of halogens is 1. The van der Waals surface area contributed by atoms with Gasteiger partial charge in [-0.2, -0.15) is 0 Å². The molecular formula is C20H19FN2O4. The minimum atomic E-state index is -0.736. The minimum Gasteiger partial charge on any atom is -0.493 e. The summed E-state index contributed by atoms with van der Waals surface area (Å²) >= 11 is 0. The molecule has 2 N–H and O–H groups in total. The molecule has 7 heteroatoms. The highest BCUT2D eigenvalue weighted by Crippen LogP contribution is 2.27. The van der Waals surface area contributed by atoms with Crippen molar-refractivity contribution in [2.45, 2.75) is 6.42 Å². The zero-order valence-electron chi connectivity index (χ0n) is 15.0. The average Bonchev–Trinajstić information content (AvgIpc) is 3.10. The van der Waals surface area contributed by atoms with Crippen molar-refractivity contribution in [3.63, 3.8) is 0 Å². The number of Topliss-reactive ketones (excluding diaryl/α,β-unsaturated/α-hetero) is 1. The van der Waals surface area contributed by atoms with Gasteiger partial charge in [-0.3, -0.25) is 9.59 Å². The Kier molecular flexibility index (Phi) is 5.40. The SMILES string of the molecule is COc1ccc(CCNC(=O)C(=O)c2c[nH]c3ccc(F)cc23)cc1OC. The van der Waals surface area contributed by atoms with E-state index >= 15 is 0 Å². The zero-order chi connectivity index (χ0) is 19.4. The molecule has 0 radical (unpaired) electrons. The van der Waals surface area contributed by atoms with Crippen molar-refractivity contribution in [1.29, 1.82) is 0 Å². The molecule has 0 saturated carbocycles. The van der Waals surface area contributed by atoms with Gasteiger partial charge in [0.25, 0.3) is 11.7 Å². The summed E-state index contributed by atoms with van der Waals surface area (Å²) in [6, 6.07) is 9.50. The highest BCUT2D eigenvalue weighted by molar-refractivity contribution is 6.44. The van der Waals surface area contributed by atoms with Crippen molar-refractivity contribution in [2.75, 3.05) is 20.8 Å². The van der Waals surface area contributed by atoms with E-state index in [0.717, 1.165) is 5.56 Å². The van der Waals surface area contributed by atoms with Gasteiger partial charge in [0, 0.05) is 23.6 Å². The van der Waals surface area contributed by atoms with Crippen LogP contribution < -0.4 is 14.8 Å². The monoisotopic (exact) mass is 370 g/mol. The molecule has 0 aliphatic carbocycles. The van der Waals surface area contributed by atoms with Crippen LogP contribution in [-0.4, -0.2) is 37.4 Å². The lowest BCUT2D eigenvalue weighted by molar-refractivity contribution is -0.116. The number of ketones is 1. The Morgan fingerprint density at radius 3 is 2.59 bits per heavy atom. The van der Waals surface area contributed by atoms with Crippen LogP contribution in [0.1, 0.15) is 15.9 Å². The van der Waals surface area contributed by atoms with Crippen molar-refractivity contribution < 1.29 is 23.5 Å². The number of rotatable bonds is 7. The van der Waals surface area contributed by atoms with E-state index in [0.29, 0.717) is 28.8 Å². The van der Waals surface area contributed by atoms with Gasteiger partial charge in [0.15, 0.2) is 11.5 Å². The third-order valence-electron chi connectivity index (χ3n) is 4.24. The molecule has 0 saturated heterocycles. The Morgan fingerprint density at radius 1 is 1.07 bits per heavy atom. The molecule has 140 valence electrons. The summed E-state index contributed by atoms with van der Waals surface area (Å²) in [5.74, 6) is -0.699. The number of carbonyl (C=O) groups excluding carboxylic acids is 2. The maximum absolute atomic E-state index is 13.4. The topological polar surface area (TPSA) is 80.4 Å². The van der Waals surface area contributed by atoms with Crippen molar-refractivity contribution in [2.24, 2.45) is 0 Å². The predicted molar refractivity (Wildman–Crippen MR) is 98.8 cm³/mol. The standard InChI is InChI=1S/C20H19FN2O4/c1-26-17-6-3-12(9-18(17)27-2)7-8-22-20(25)19(24)15-11-23-16-5-4-13(21)10-14(15)16/h3-6,9-11,23H,7-8H2,1-2H3,(H,22,25). The maximum atomic E-state index is 13.4. The maximum Gasteiger partial charge on any atom is 0.292 e. The van der Waals surface area contributed by atoms with Crippen molar-refractivity contribution in [3.8, 4) is 11.5 Å². The van der Waals surface area contributed by atoms with Crippen LogP contribution in [0.3, 0.4) is 0 Å². The summed E-state index contributed by atoms with van der Waals surface area (Å²) in [5.41, 5.74) is 1.67. The van der Waals surface area contributed by atoms with E-state index in [1.807, 2.05) is 12.1 Å². The smallest absolute Gasteiger partial charge is 0.292 e. The molecular weight excluding hydrogens is 351 g/mol. The molecule has 0 aliphatic rings. The number of aromatic amines is 1. The van der Waals surface area contributed by atoms with Gasteiger partial charge in [-0.25, -0.2) is 4.39 Å². The number of carbonyl (C=O) groups is 2. The molecule has 1 heterocycles. The van der Waals surface area contributed by atoms with Crippen LogP contribution in [0, 0.1) is 5.82 Å². The summed E-state index contributed by atoms with van der Waals surface area (Å²) in [7, 11) is 3.10. The quantitative estimate of drug-likeness (QED) is 0.495. The number of hydrogen-bond acceptors (Lipinski definition) is 4. The van der Waals surface area contributed by atoms with Crippen molar-refractivity contribution in [3.05, 3.63) is 59.5 Å². The summed E-state index contributed by atoms with van der Waals surface area (Å²) < 4.78 is 23.8. The normalized spacial score (nSPS) is 10.6. The van der Waals surface area contributed by atoms with Gasteiger partial charge in [-0.05, 0) is 42.3 Å². The lowest BCUT2D eigenvalue weighted by Crippen LogP contribution is -2.32. The largest absolute Gasteiger partial charge is 0.493 e. The molecule has 0 bridgehead atoms. The van der Waals surface area contributed by atoms with Crippen LogP contribution in [0.5, 0.6) is 11.5 Å². The Bertz CT molecular complexity index is 997. The molecule has 1 amide bonds. The van der Waals surface area contributed by atoms with Crippen LogP contribution >= 0.6 is 0 Å². The van der Waals surface area contributed by atoms with E-state index in [1.165, 1.54) is 24.4 Å². The number of aromatic nitrogens is 1. The van der Waals surface area contributed by atoms with E-state index in [4.69, 9.17) is 9.47 Å². The molecule has 3 aromatic rings. The van der Waals surface area contributed by atoms with Gasteiger partial charge in [0.05, 0.1) is 19.8 Å². The molecule has 0 spiro atoms. The molecule has 1 aromatic heterocycles. The second kappa shape index (κ2) is 7.90. The first-order valence-electron chi connectivity index (χ1n) is 8.33. The summed E-state index contributed by atoms with van der Waals surface area (Å²) in [6.07, 6.45) is 1.93. The van der Waals surface area contributed by atoms with Crippen LogP contribution in [0.15, 0.2) is 42.6 Å². The Balaban J connectivity index is 1.63. The lowest BCUT2D eigenvalue weighted by atomic mass is 10.1. The third-order valence-corrected chi connectivity index (χ3v) is 4.24. The van der Waals surface area contributed by atoms with Gasteiger partial charge in [-0.1, -0.05) is 6.07 Å². The molecule has 27 heavy (non-hydrogen) atoms. The fourth-order valence-electron chi connectivity index (χ4n) is 2.84. The molecule has 0 aliphatic heterocycles. The summed E-state index contributed by atoms with van der Waals surface area (Å²) in [4.78, 5) is 27.4. The number of hydrogen-bond donors (Lipinski definition) is 2. The van der Waals surface area contributed by atoms with Gasteiger partial charge in [0.2, 0.25) is 0 Å². The molecule has 0 fully saturated rings. The van der Waals surface area contributed by atoms with E-state index in [1.54, 1.807) is 20.3 Å².